The van der Waals surface area contributed by atoms with Gasteiger partial charge in [0.2, 0.25) is 0 Å². The van der Waals surface area contributed by atoms with Crippen molar-refractivity contribution < 1.29 is 19.7 Å². The van der Waals surface area contributed by atoms with Gasteiger partial charge in [0, 0.05) is 25.3 Å². The molecule has 0 bridgehead atoms. The molecule has 0 aliphatic rings. The summed E-state index contributed by atoms with van der Waals surface area (Å²) in [5, 5.41) is 21.9. The van der Waals surface area contributed by atoms with E-state index >= 15 is 0 Å². The van der Waals surface area contributed by atoms with E-state index in [1.165, 1.54) is 0 Å². The highest BCUT2D eigenvalue weighted by Crippen LogP contribution is 2.23. The van der Waals surface area contributed by atoms with Crippen molar-refractivity contribution in [2.24, 2.45) is 0 Å². The summed E-state index contributed by atoms with van der Waals surface area (Å²) in [6.07, 6.45) is 0. The fourth-order valence-corrected chi connectivity index (χ4v) is 1.45. The molecular formula is C12H19NO4. The minimum Gasteiger partial charge on any atom is -0.507 e. The summed E-state index contributed by atoms with van der Waals surface area (Å²) in [4.78, 5) is 0. The van der Waals surface area contributed by atoms with E-state index in [0.29, 0.717) is 18.9 Å². The van der Waals surface area contributed by atoms with Gasteiger partial charge in [-0.15, -0.1) is 0 Å². The number of nitrogens with one attached hydrogen (secondary N) is 1. The lowest BCUT2D eigenvalue weighted by Crippen LogP contribution is -2.35. The van der Waals surface area contributed by atoms with E-state index in [1.807, 2.05) is 0 Å². The molecule has 0 radical (unpaired) electrons. The second kappa shape index (κ2) is 7.11. The fourth-order valence-electron chi connectivity index (χ4n) is 1.45. The molecule has 1 atom stereocenters. The van der Waals surface area contributed by atoms with E-state index in [-0.39, 0.29) is 18.4 Å². The van der Waals surface area contributed by atoms with Gasteiger partial charge in [-0.2, -0.15) is 0 Å². The maximum atomic E-state index is 9.72. The molecule has 1 aromatic rings. The third kappa shape index (κ3) is 4.22. The number of aliphatic hydroxyl groups excluding tert-OH is 1. The molecule has 0 aliphatic carbocycles. The number of methoxy groups -OCH3 is 2. The highest BCUT2D eigenvalue weighted by molar-refractivity contribution is 5.39. The molecular weight excluding hydrogens is 222 g/mol. The molecule has 3 N–H and O–H groups in total. The molecule has 0 amide bonds. The minimum atomic E-state index is -0.137. The number of benzene rings is 1. The van der Waals surface area contributed by atoms with Crippen LogP contribution in [0.5, 0.6) is 11.5 Å². The van der Waals surface area contributed by atoms with Crippen molar-refractivity contribution in [3.05, 3.63) is 23.8 Å². The summed E-state index contributed by atoms with van der Waals surface area (Å²) in [6.45, 7) is 0.878. The van der Waals surface area contributed by atoms with E-state index in [9.17, 15) is 5.11 Å². The number of aromatic hydroxyl groups is 1. The Morgan fingerprint density at radius 1 is 1.35 bits per heavy atom. The summed E-state index contributed by atoms with van der Waals surface area (Å²) in [5.74, 6) is 0.785. The van der Waals surface area contributed by atoms with E-state index < -0.39 is 0 Å². The summed E-state index contributed by atoms with van der Waals surface area (Å²) < 4.78 is 9.94. The van der Waals surface area contributed by atoms with E-state index in [1.54, 1.807) is 32.4 Å². The zero-order valence-electron chi connectivity index (χ0n) is 10.1. The number of ether oxygens (including phenoxy) is 2. The van der Waals surface area contributed by atoms with Crippen molar-refractivity contribution in [1.82, 2.24) is 5.32 Å². The summed E-state index contributed by atoms with van der Waals surface area (Å²) in [7, 11) is 3.13. The molecule has 0 saturated carbocycles. The van der Waals surface area contributed by atoms with Crippen LogP contribution in [-0.4, -0.2) is 43.7 Å². The van der Waals surface area contributed by atoms with Crippen LogP contribution in [0.1, 0.15) is 5.56 Å². The van der Waals surface area contributed by atoms with Crippen molar-refractivity contribution in [3.63, 3.8) is 0 Å². The average Bonchev–Trinajstić information content (AvgIpc) is 2.35. The van der Waals surface area contributed by atoms with Gasteiger partial charge in [-0.05, 0) is 6.07 Å². The number of phenolic OH excluding ortho intramolecular Hbond substituents is 1. The Labute approximate surface area is 101 Å². The maximum Gasteiger partial charge on any atom is 0.123 e. The monoisotopic (exact) mass is 241 g/mol. The first-order valence-electron chi connectivity index (χ1n) is 5.40. The van der Waals surface area contributed by atoms with Crippen LogP contribution in [0.2, 0.25) is 0 Å². The van der Waals surface area contributed by atoms with Crippen LogP contribution < -0.4 is 10.1 Å². The van der Waals surface area contributed by atoms with Crippen LogP contribution in [0.3, 0.4) is 0 Å². The third-order valence-electron chi connectivity index (χ3n) is 2.46. The quantitative estimate of drug-likeness (QED) is 0.648. The standard InChI is InChI=1S/C12H19NO4/c1-16-8-10(7-14)13-6-9-3-4-11(17-2)5-12(9)15/h3-5,10,13-15H,6-8H2,1-2H3. The molecule has 0 aromatic heterocycles. The number of phenols is 1. The Bertz CT molecular complexity index is 343. The molecule has 5 nitrogen and oxygen atoms in total. The van der Waals surface area contributed by atoms with Gasteiger partial charge in [0.05, 0.1) is 26.4 Å². The van der Waals surface area contributed by atoms with Crippen molar-refractivity contribution >= 4 is 0 Å². The zero-order valence-corrected chi connectivity index (χ0v) is 10.1. The number of hydrogen-bond acceptors (Lipinski definition) is 5. The van der Waals surface area contributed by atoms with Crippen molar-refractivity contribution in [2.45, 2.75) is 12.6 Å². The van der Waals surface area contributed by atoms with E-state index in [4.69, 9.17) is 14.6 Å². The van der Waals surface area contributed by atoms with Crippen LogP contribution in [0.25, 0.3) is 0 Å². The van der Waals surface area contributed by atoms with Crippen molar-refractivity contribution in [3.8, 4) is 11.5 Å². The molecule has 0 saturated heterocycles. The summed E-state index contributed by atoms with van der Waals surface area (Å²) >= 11 is 0. The van der Waals surface area contributed by atoms with Crippen molar-refractivity contribution in [1.29, 1.82) is 0 Å². The average molecular weight is 241 g/mol. The number of aliphatic hydroxyl groups is 1. The minimum absolute atomic E-state index is 0.00917. The smallest absolute Gasteiger partial charge is 0.123 e. The molecule has 1 rings (SSSR count). The Morgan fingerprint density at radius 3 is 2.65 bits per heavy atom. The lowest BCUT2D eigenvalue weighted by Gasteiger charge is -2.15. The maximum absolute atomic E-state index is 9.72. The predicted molar refractivity (Wildman–Crippen MR) is 64.2 cm³/mol. The topological polar surface area (TPSA) is 71.0 Å². The fraction of sp³-hybridized carbons (Fsp3) is 0.500. The highest BCUT2D eigenvalue weighted by Gasteiger charge is 2.08. The van der Waals surface area contributed by atoms with Gasteiger partial charge in [0.1, 0.15) is 11.5 Å². The van der Waals surface area contributed by atoms with Gasteiger partial charge in [-0.3, -0.25) is 0 Å². The first-order valence-corrected chi connectivity index (χ1v) is 5.40. The Hall–Kier alpha value is -1.30. The molecule has 0 aliphatic heterocycles. The lowest BCUT2D eigenvalue weighted by molar-refractivity contribution is 0.128. The Balaban J connectivity index is 2.56. The molecule has 0 spiro atoms. The van der Waals surface area contributed by atoms with Crippen LogP contribution in [0, 0.1) is 0 Å². The Morgan fingerprint density at radius 2 is 2.12 bits per heavy atom. The summed E-state index contributed by atoms with van der Waals surface area (Å²) in [5.41, 5.74) is 0.750. The normalized spacial score (nSPS) is 12.4. The zero-order chi connectivity index (χ0) is 12.7. The van der Waals surface area contributed by atoms with Gasteiger partial charge in [0.25, 0.3) is 0 Å². The number of rotatable bonds is 7. The number of hydrogen-bond donors (Lipinski definition) is 3. The molecule has 0 fully saturated rings. The van der Waals surface area contributed by atoms with Gasteiger partial charge < -0.3 is 25.0 Å². The second-order valence-corrected chi connectivity index (χ2v) is 3.71. The molecule has 17 heavy (non-hydrogen) atoms. The molecule has 5 heteroatoms. The Kier molecular flexibility index (Phi) is 5.76. The van der Waals surface area contributed by atoms with Gasteiger partial charge in [-0.1, -0.05) is 6.07 Å². The molecule has 1 unspecified atom stereocenters. The predicted octanol–water partition coefficient (Wildman–Crippen LogP) is 0.498. The first kappa shape index (κ1) is 13.8. The van der Waals surface area contributed by atoms with Crippen LogP contribution >= 0.6 is 0 Å². The first-order chi connectivity index (χ1) is 8.21. The summed E-state index contributed by atoms with van der Waals surface area (Å²) in [6, 6.07) is 4.98. The van der Waals surface area contributed by atoms with E-state index in [2.05, 4.69) is 5.32 Å². The SMILES string of the molecule is COCC(CO)NCc1ccc(OC)cc1O. The van der Waals surface area contributed by atoms with Crippen LogP contribution in [0.15, 0.2) is 18.2 Å². The van der Waals surface area contributed by atoms with Crippen LogP contribution in [-0.2, 0) is 11.3 Å². The lowest BCUT2D eigenvalue weighted by atomic mass is 10.2. The largest absolute Gasteiger partial charge is 0.507 e. The second-order valence-electron chi connectivity index (χ2n) is 3.71. The van der Waals surface area contributed by atoms with E-state index in [0.717, 1.165) is 5.56 Å². The third-order valence-corrected chi connectivity index (χ3v) is 2.46. The van der Waals surface area contributed by atoms with Gasteiger partial charge >= 0.3 is 0 Å². The molecule has 0 heterocycles. The van der Waals surface area contributed by atoms with Gasteiger partial charge in [0.15, 0.2) is 0 Å². The van der Waals surface area contributed by atoms with Crippen molar-refractivity contribution in [2.75, 3.05) is 27.4 Å². The molecule has 96 valence electrons. The highest BCUT2D eigenvalue weighted by atomic mass is 16.5. The van der Waals surface area contributed by atoms with Gasteiger partial charge in [-0.25, -0.2) is 0 Å². The van der Waals surface area contributed by atoms with Crippen LogP contribution in [0.4, 0.5) is 0 Å². The molecule has 1 aromatic carbocycles.